The Balaban J connectivity index is 2.59. The summed E-state index contributed by atoms with van der Waals surface area (Å²) in [5, 5.41) is 0. The van der Waals surface area contributed by atoms with Crippen LogP contribution in [0, 0.1) is 13.8 Å². The zero-order valence-corrected chi connectivity index (χ0v) is 11.4. The van der Waals surface area contributed by atoms with Crippen molar-refractivity contribution in [2.45, 2.75) is 13.8 Å². The average Bonchev–Trinajstić information content (AvgIpc) is 2.37. The zero-order chi connectivity index (χ0) is 14.0. The Labute approximate surface area is 113 Å². The molecule has 3 heteroatoms. The van der Waals surface area contributed by atoms with Gasteiger partial charge in [0.15, 0.2) is 5.78 Å². The molecule has 0 unspecified atom stereocenters. The molecular weight excluding hydrogens is 238 g/mol. The van der Waals surface area contributed by atoms with E-state index in [0.29, 0.717) is 22.6 Å². The van der Waals surface area contributed by atoms with Crippen molar-refractivity contribution in [1.82, 2.24) is 0 Å². The van der Waals surface area contributed by atoms with E-state index in [0.717, 1.165) is 11.1 Å². The molecule has 0 fully saturated rings. The first kappa shape index (κ1) is 13.1. The van der Waals surface area contributed by atoms with Crippen LogP contribution in [0.4, 0.5) is 5.69 Å². The summed E-state index contributed by atoms with van der Waals surface area (Å²) in [7, 11) is 1.57. The first-order chi connectivity index (χ1) is 9.04. The molecule has 0 aliphatic carbocycles. The number of rotatable bonds is 3. The van der Waals surface area contributed by atoms with Crippen molar-refractivity contribution in [3.63, 3.8) is 0 Å². The lowest BCUT2D eigenvalue weighted by atomic mass is 9.97. The summed E-state index contributed by atoms with van der Waals surface area (Å²) in [6.07, 6.45) is 0. The lowest BCUT2D eigenvalue weighted by Crippen LogP contribution is -2.08. The van der Waals surface area contributed by atoms with Gasteiger partial charge in [-0.25, -0.2) is 0 Å². The molecule has 98 valence electrons. The van der Waals surface area contributed by atoms with Crippen LogP contribution in [0.3, 0.4) is 0 Å². The second-order valence-electron chi connectivity index (χ2n) is 4.58. The lowest BCUT2D eigenvalue weighted by Gasteiger charge is -2.13. The van der Waals surface area contributed by atoms with E-state index in [1.54, 1.807) is 25.3 Å². The van der Waals surface area contributed by atoms with Gasteiger partial charge < -0.3 is 10.5 Å². The average molecular weight is 255 g/mol. The first-order valence-corrected chi connectivity index (χ1v) is 6.09. The second-order valence-corrected chi connectivity index (χ2v) is 4.58. The van der Waals surface area contributed by atoms with Crippen molar-refractivity contribution in [2.75, 3.05) is 12.8 Å². The Morgan fingerprint density at radius 1 is 1.11 bits per heavy atom. The maximum absolute atomic E-state index is 12.6. The van der Waals surface area contributed by atoms with Gasteiger partial charge in [-0.2, -0.15) is 0 Å². The monoisotopic (exact) mass is 255 g/mol. The second kappa shape index (κ2) is 5.14. The van der Waals surface area contributed by atoms with Crippen molar-refractivity contribution in [3.05, 3.63) is 58.7 Å². The molecule has 0 atom stereocenters. The van der Waals surface area contributed by atoms with E-state index in [2.05, 4.69) is 0 Å². The zero-order valence-electron chi connectivity index (χ0n) is 11.4. The normalized spacial score (nSPS) is 10.3. The first-order valence-electron chi connectivity index (χ1n) is 6.09. The molecule has 0 saturated heterocycles. The van der Waals surface area contributed by atoms with Crippen LogP contribution in [0.2, 0.25) is 0 Å². The molecule has 0 amide bonds. The Morgan fingerprint density at radius 2 is 1.79 bits per heavy atom. The SMILES string of the molecule is COc1c(C)cc(C)cc1C(=O)c1ccccc1N. The number of aryl methyl sites for hydroxylation is 2. The van der Waals surface area contributed by atoms with E-state index in [1.165, 1.54) is 0 Å². The highest BCUT2D eigenvalue weighted by atomic mass is 16.5. The van der Waals surface area contributed by atoms with Crippen molar-refractivity contribution in [2.24, 2.45) is 0 Å². The van der Waals surface area contributed by atoms with Crippen LogP contribution in [-0.2, 0) is 0 Å². The maximum atomic E-state index is 12.6. The van der Waals surface area contributed by atoms with E-state index >= 15 is 0 Å². The van der Waals surface area contributed by atoms with Gasteiger partial charge in [0, 0.05) is 11.3 Å². The molecule has 2 aromatic rings. The summed E-state index contributed by atoms with van der Waals surface area (Å²) >= 11 is 0. The van der Waals surface area contributed by atoms with Crippen LogP contribution in [0.1, 0.15) is 27.0 Å². The van der Waals surface area contributed by atoms with E-state index in [1.807, 2.05) is 32.0 Å². The molecule has 0 heterocycles. The highest BCUT2D eigenvalue weighted by molar-refractivity contribution is 6.13. The van der Waals surface area contributed by atoms with E-state index in [9.17, 15) is 4.79 Å². The Kier molecular flexibility index (Phi) is 3.56. The molecule has 0 aliphatic rings. The van der Waals surface area contributed by atoms with E-state index in [-0.39, 0.29) is 5.78 Å². The summed E-state index contributed by atoms with van der Waals surface area (Å²) in [6.45, 7) is 3.88. The fourth-order valence-electron chi connectivity index (χ4n) is 2.24. The minimum Gasteiger partial charge on any atom is -0.496 e. The maximum Gasteiger partial charge on any atom is 0.198 e. The summed E-state index contributed by atoms with van der Waals surface area (Å²) in [5.74, 6) is 0.501. The number of benzene rings is 2. The molecule has 2 N–H and O–H groups in total. The van der Waals surface area contributed by atoms with Crippen molar-refractivity contribution in [1.29, 1.82) is 0 Å². The summed E-state index contributed by atoms with van der Waals surface area (Å²) in [4.78, 5) is 12.6. The molecule has 0 aromatic heterocycles. The topological polar surface area (TPSA) is 52.3 Å². The highest BCUT2D eigenvalue weighted by Gasteiger charge is 2.18. The van der Waals surface area contributed by atoms with Gasteiger partial charge in [-0.1, -0.05) is 18.2 Å². The fourth-order valence-corrected chi connectivity index (χ4v) is 2.24. The van der Waals surface area contributed by atoms with E-state index < -0.39 is 0 Å². The van der Waals surface area contributed by atoms with Crippen LogP contribution < -0.4 is 10.5 Å². The predicted molar refractivity (Wildman–Crippen MR) is 76.8 cm³/mol. The molecular formula is C16H17NO2. The number of ketones is 1. The minimum atomic E-state index is -0.109. The summed E-state index contributed by atoms with van der Waals surface area (Å²) < 4.78 is 5.35. The smallest absolute Gasteiger partial charge is 0.198 e. The number of hydrogen-bond acceptors (Lipinski definition) is 3. The molecule has 2 aromatic carbocycles. The van der Waals surface area contributed by atoms with Crippen LogP contribution in [0.15, 0.2) is 36.4 Å². The summed E-state index contributed by atoms with van der Waals surface area (Å²) in [6, 6.07) is 10.9. The van der Waals surface area contributed by atoms with Gasteiger partial charge in [0.1, 0.15) is 5.75 Å². The van der Waals surface area contributed by atoms with Crippen LogP contribution >= 0.6 is 0 Å². The van der Waals surface area contributed by atoms with Gasteiger partial charge in [-0.15, -0.1) is 0 Å². The largest absolute Gasteiger partial charge is 0.496 e. The number of anilines is 1. The third-order valence-electron chi connectivity index (χ3n) is 3.07. The van der Waals surface area contributed by atoms with Crippen LogP contribution in [0.5, 0.6) is 5.75 Å². The number of nitrogens with two attached hydrogens (primary N) is 1. The molecule has 3 nitrogen and oxygen atoms in total. The number of ether oxygens (including phenoxy) is 1. The molecule has 0 spiro atoms. The van der Waals surface area contributed by atoms with Gasteiger partial charge in [0.25, 0.3) is 0 Å². The highest BCUT2D eigenvalue weighted by Crippen LogP contribution is 2.28. The molecule has 19 heavy (non-hydrogen) atoms. The van der Waals surface area contributed by atoms with Crippen LogP contribution in [-0.4, -0.2) is 12.9 Å². The predicted octanol–water partition coefficient (Wildman–Crippen LogP) is 3.13. The van der Waals surface area contributed by atoms with Gasteiger partial charge in [-0.05, 0) is 43.2 Å². The molecule has 0 saturated carbocycles. The number of para-hydroxylation sites is 1. The lowest BCUT2D eigenvalue weighted by molar-refractivity contribution is 0.103. The molecule has 0 radical (unpaired) electrons. The molecule has 0 bridgehead atoms. The van der Waals surface area contributed by atoms with Crippen LogP contribution in [0.25, 0.3) is 0 Å². The third-order valence-corrected chi connectivity index (χ3v) is 3.07. The number of hydrogen-bond donors (Lipinski definition) is 1. The number of methoxy groups -OCH3 is 1. The minimum absolute atomic E-state index is 0.109. The summed E-state index contributed by atoms with van der Waals surface area (Å²) in [5.41, 5.74) is 9.37. The Hall–Kier alpha value is -2.29. The number of carbonyl (C=O) groups is 1. The van der Waals surface area contributed by atoms with Gasteiger partial charge in [0.2, 0.25) is 0 Å². The van der Waals surface area contributed by atoms with Gasteiger partial charge in [-0.3, -0.25) is 4.79 Å². The standard InChI is InChI=1S/C16H17NO2/c1-10-8-11(2)16(19-3)13(9-10)15(18)12-6-4-5-7-14(12)17/h4-9H,17H2,1-3H3. The molecule has 0 aliphatic heterocycles. The van der Waals surface area contributed by atoms with Crippen molar-refractivity contribution < 1.29 is 9.53 Å². The van der Waals surface area contributed by atoms with Crippen molar-refractivity contribution >= 4 is 11.5 Å². The molecule has 2 rings (SSSR count). The van der Waals surface area contributed by atoms with E-state index in [4.69, 9.17) is 10.5 Å². The number of nitrogen functional groups attached to an aromatic ring is 1. The van der Waals surface area contributed by atoms with Gasteiger partial charge in [0.05, 0.1) is 12.7 Å². The van der Waals surface area contributed by atoms with Gasteiger partial charge >= 0.3 is 0 Å². The third kappa shape index (κ3) is 2.45. The Bertz CT molecular complexity index is 633. The fraction of sp³-hybridized carbons (Fsp3) is 0.188. The number of carbonyl (C=O) groups excluding carboxylic acids is 1. The van der Waals surface area contributed by atoms with Crippen molar-refractivity contribution in [3.8, 4) is 5.75 Å². The Morgan fingerprint density at radius 3 is 2.42 bits per heavy atom. The quantitative estimate of drug-likeness (QED) is 0.677.